The highest BCUT2D eigenvalue weighted by Gasteiger charge is 2.23. The maximum absolute atomic E-state index is 13.6. The molecule has 0 aliphatic rings. The van der Waals surface area contributed by atoms with Crippen molar-refractivity contribution in [1.29, 1.82) is 0 Å². The van der Waals surface area contributed by atoms with Gasteiger partial charge in [0.2, 0.25) is 0 Å². The number of benzene rings is 3. The van der Waals surface area contributed by atoms with Gasteiger partial charge in [0.15, 0.2) is 0 Å². The van der Waals surface area contributed by atoms with E-state index in [1.165, 1.54) is 6.07 Å². The smallest absolute Gasteiger partial charge is 0.255 e. The number of nitrogens with zero attached hydrogens (tertiary/aromatic N) is 3. The number of carbonyl (C=O) groups excluding carboxylic acids is 1. The monoisotopic (exact) mass is 492 g/mol. The van der Waals surface area contributed by atoms with Crippen LogP contribution in [0.5, 0.6) is 11.5 Å². The molecule has 0 unspecified atom stereocenters. The summed E-state index contributed by atoms with van der Waals surface area (Å²) in [6.45, 7) is 5.77. The van der Waals surface area contributed by atoms with Crippen molar-refractivity contribution in [3.8, 4) is 11.5 Å². The summed E-state index contributed by atoms with van der Waals surface area (Å²) in [6, 6.07) is 20.7. The first-order chi connectivity index (χ1) is 16.9. The largest absolute Gasteiger partial charge is 0.593 e. The Morgan fingerprint density at radius 1 is 1.11 bits per heavy atom. The summed E-state index contributed by atoms with van der Waals surface area (Å²) in [4.78, 5) is 20.3. The van der Waals surface area contributed by atoms with Crippen molar-refractivity contribution in [2.45, 2.75) is 33.4 Å². The average molecular weight is 493 g/mol. The summed E-state index contributed by atoms with van der Waals surface area (Å²) < 4.78 is 7.73. The minimum absolute atomic E-state index is 0.161. The fourth-order valence-corrected chi connectivity index (χ4v) is 4.38. The van der Waals surface area contributed by atoms with Crippen molar-refractivity contribution < 1.29 is 14.6 Å². The number of hydrogen-bond donors (Lipinski definition) is 0. The van der Waals surface area contributed by atoms with E-state index in [0.29, 0.717) is 36.1 Å². The van der Waals surface area contributed by atoms with E-state index in [0.717, 1.165) is 34.6 Å². The maximum atomic E-state index is 13.6. The van der Waals surface area contributed by atoms with Crippen LogP contribution in [0.4, 0.5) is 0 Å². The molecular weight excluding hydrogens is 462 g/mol. The second kappa shape index (κ2) is 10.8. The van der Waals surface area contributed by atoms with E-state index in [9.17, 15) is 4.79 Å². The molecule has 1 heterocycles. The third kappa shape index (κ3) is 5.60. The highest BCUT2D eigenvalue weighted by atomic mass is 35.5. The third-order valence-corrected chi connectivity index (χ3v) is 6.36. The van der Waals surface area contributed by atoms with Gasteiger partial charge in [-0.15, -0.1) is 0 Å². The van der Waals surface area contributed by atoms with Crippen molar-refractivity contribution >= 4 is 28.5 Å². The molecule has 182 valence electrons. The van der Waals surface area contributed by atoms with Gasteiger partial charge in [-0.25, -0.2) is 4.98 Å². The molecule has 0 bridgehead atoms. The number of hydrogen-bond acceptors (Lipinski definition) is 3. The molecule has 1 aromatic heterocycles. The van der Waals surface area contributed by atoms with E-state index in [-0.39, 0.29) is 11.7 Å². The average Bonchev–Trinajstić information content (AvgIpc) is 3.18. The molecule has 6 nitrogen and oxygen atoms in total. The highest BCUT2D eigenvalue weighted by molar-refractivity contribution is 6.34. The van der Waals surface area contributed by atoms with Crippen molar-refractivity contribution in [2.75, 3.05) is 13.7 Å². The number of imidazole rings is 1. The lowest BCUT2D eigenvalue weighted by Crippen LogP contribution is -2.33. The first-order valence-electron chi connectivity index (χ1n) is 11.7. The second-order valence-corrected chi connectivity index (χ2v) is 9.43. The predicted octanol–water partition coefficient (Wildman–Crippen LogP) is 5.87. The van der Waals surface area contributed by atoms with E-state index in [1.807, 2.05) is 53.4 Å². The van der Waals surface area contributed by atoms with Gasteiger partial charge in [0.25, 0.3) is 11.7 Å². The van der Waals surface area contributed by atoms with E-state index < -0.39 is 0 Å². The van der Waals surface area contributed by atoms with Gasteiger partial charge in [-0.2, -0.15) is 0 Å². The van der Waals surface area contributed by atoms with Gasteiger partial charge in [0, 0.05) is 18.2 Å². The highest BCUT2D eigenvalue weighted by Crippen LogP contribution is 2.26. The number of halogens is 1. The molecule has 0 saturated heterocycles. The molecule has 0 saturated carbocycles. The van der Waals surface area contributed by atoms with Gasteiger partial charge in [0.05, 0.1) is 47.9 Å². The van der Waals surface area contributed by atoms with Crippen molar-refractivity contribution in [3.05, 3.63) is 88.7 Å². The van der Waals surface area contributed by atoms with Crippen LogP contribution in [-0.4, -0.2) is 39.1 Å². The molecule has 0 fully saturated rings. The molecule has 0 spiro atoms. The zero-order chi connectivity index (χ0) is 24.9. The number of amides is 1. The van der Waals surface area contributed by atoms with Crippen molar-refractivity contribution in [1.82, 2.24) is 14.5 Å². The van der Waals surface area contributed by atoms with Gasteiger partial charge in [-0.1, -0.05) is 55.8 Å². The Balaban J connectivity index is 1.74. The van der Waals surface area contributed by atoms with Crippen molar-refractivity contribution in [2.24, 2.45) is 5.92 Å². The zero-order valence-corrected chi connectivity index (χ0v) is 21.0. The van der Waals surface area contributed by atoms with E-state index in [2.05, 4.69) is 18.4 Å². The number of methoxy groups -OCH3 is 1. The summed E-state index contributed by atoms with van der Waals surface area (Å²) in [5.74, 6) is 2.16. The second-order valence-electron chi connectivity index (χ2n) is 9.02. The molecule has 7 heteroatoms. The Labute approximate surface area is 210 Å². The lowest BCUT2D eigenvalue weighted by molar-refractivity contribution is 0.0729. The topological polar surface area (TPSA) is 70.3 Å². The number of ether oxygens (including phenoxy) is 1. The van der Waals surface area contributed by atoms with Crippen LogP contribution in [0.25, 0.3) is 11.0 Å². The van der Waals surface area contributed by atoms with Crippen LogP contribution in [0.3, 0.4) is 0 Å². The molecule has 4 aromatic rings. The molecular formula is C28H31ClN3O3+. The fourth-order valence-electron chi connectivity index (χ4n) is 4.12. The molecule has 4 rings (SSSR count). The molecule has 0 aliphatic carbocycles. The molecule has 35 heavy (non-hydrogen) atoms. The third-order valence-electron chi connectivity index (χ3n) is 6.05. The van der Waals surface area contributed by atoms with E-state index >= 15 is 0 Å². The van der Waals surface area contributed by atoms with Crippen LogP contribution in [0, 0.1) is 5.92 Å². The standard InChI is InChI=1S/C28H30ClN3O3/c1-19(2)14-15-31(28(34)22-13-12-21(33)16-23(22)29)18-27-30-24-9-5-6-10-25(24)32(27)17-20-8-4-7-11-26(20)35-3/h4-13,16,19,33H,14-15,17-18H2,1-3H3/p+1. The summed E-state index contributed by atoms with van der Waals surface area (Å²) in [6.07, 6.45) is 0.854. The van der Waals surface area contributed by atoms with Gasteiger partial charge >= 0.3 is 0 Å². The number of para-hydroxylation sites is 3. The molecule has 0 radical (unpaired) electrons. The number of fused-ring (bicyclic) bond motifs is 1. The Kier molecular flexibility index (Phi) is 7.61. The van der Waals surface area contributed by atoms with E-state index in [4.69, 9.17) is 26.4 Å². The molecule has 0 atom stereocenters. The minimum atomic E-state index is -0.161. The molecule has 0 aliphatic heterocycles. The number of carbonyl (C=O) groups is 1. The van der Waals surface area contributed by atoms with Crippen LogP contribution in [0.2, 0.25) is 5.02 Å². The molecule has 2 N–H and O–H groups in total. The van der Waals surface area contributed by atoms with Crippen molar-refractivity contribution in [3.63, 3.8) is 0 Å². The van der Waals surface area contributed by atoms with Crippen LogP contribution in [0.1, 0.15) is 42.0 Å². The van der Waals surface area contributed by atoms with Crippen LogP contribution >= 0.6 is 11.6 Å². The zero-order valence-electron chi connectivity index (χ0n) is 20.3. The fraction of sp³-hybridized carbons (Fsp3) is 0.286. The maximum Gasteiger partial charge on any atom is 0.255 e. The quantitative estimate of drug-likeness (QED) is 0.274. The lowest BCUT2D eigenvalue weighted by atomic mass is 10.1. The number of rotatable bonds is 9. The SMILES string of the molecule is COc1ccccc1Cn1c(CN(CCC(C)C)C(=O)c2ccc([OH2+])cc2Cl)nc2ccccc21. The lowest BCUT2D eigenvalue weighted by Gasteiger charge is -2.24. The van der Waals surface area contributed by atoms with Crippen LogP contribution in [0.15, 0.2) is 66.7 Å². The minimum Gasteiger partial charge on any atom is -0.593 e. The number of aromatic nitrogens is 2. The Bertz CT molecular complexity index is 1330. The first-order valence-corrected chi connectivity index (χ1v) is 12.1. The van der Waals surface area contributed by atoms with Gasteiger partial charge < -0.3 is 19.3 Å². The van der Waals surface area contributed by atoms with Crippen LogP contribution < -0.4 is 4.74 Å². The molecule has 1 amide bonds. The van der Waals surface area contributed by atoms with Gasteiger partial charge in [0.1, 0.15) is 11.6 Å². The summed E-state index contributed by atoms with van der Waals surface area (Å²) in [7, 11) is 1.67. The Hall–Kier alpha value is -3.51. The van der Waals surface area contributed by atoms with Gasteiger partial charge in [-0.3, -0.25) is 4.79 Å². The van der Waals surface area contributed by atoms with Gasteiger partial charge in [-0.05, 0) is 36.6 Å². The summed E-state index contributed by atoms with van der Waals surface area (Å²) >= 11 is 6.37. The predicted molar refractivity (Wildman–Crippen MR) is 141 cm³/mol. The van der Waals surface area contributed by atoms with E-state index in [1.54, 1.807) is 19.2 Å². The van der Waals surface area contributed by atoms with Crippen LogP contribution in [-0.2, 0) is 13.1 Å². The first kappa shape index (κ1) is 24.6. The normalized spacial score (nSPS) is 11.2. The summed E-state index contributed by atoms with van der Waals surface area (Å²) in [5.41, 5.74) is 3.32. The summed E-state index contributed by atoms with van der Waals surface area (Å²) in [5, 5.41) is 8.09. The molecule has 3 aromatic carbocycles. The Morgan fingerprint density at radius 2 is 1.86 bits per heavy atom. The Morgan fingerprint density at radius 3 is 2.60 bits per heavy atom.